The van der Waals surface area contributed by atoms with Crippen LogP contribution in [0, 0.1) is 23.4 Å². The van der Waals surface area contributed by atoms with Gasteiger partial charge in [0.2, 0.25) is 11.8 Å². The quantitative estimate of drug-likeness (QED) is 0.474. The molecule has 1 unspecified atom stereocenters. The summed E-state index contributed by atoms with van der Waals surface area (Å²) < 4.78 is 43.1. The van der Waals surface area contributed by atoms with Crippen LogP contribution in [0.25, 0.3) is 0 Å². The zero-order valence-corrected chi connectivity index (χ0v) is 24.3. The van der Waals surface area contributed by atoms with Crippen LogP contribution < -0.4 is 0 Å². The number of benzene rings is 2. The summed E-state index contributed by atoms with van der Waals surface area (Å²) in [4.78, 5) is 33.3. The van der Waals surface area contributed by atoms with E-state index in [1.807, 2.05) is 15.9 Å². The Morgan fingerprint density at radius 3 is 2.02 bits per heavy atom. The first kappa shape index (κ1) is 28.3. The largest absolute Gasteiger partial charge is 0.342 e. The van der Waals surface area contributed by atoms with Crippen molar-refractivity contribution < 1.29 is 22.8 Å². The highest BCUT2D eigenvalue weighted by Crippen LogP contribution is 2.53. The summed E-state index contributed by atoms with van der Waals surface area (Å²) in [7, 11) is 0. The van der Waals surface area contributed by atoms with Crippen LogP contribution in [0.15, 0.2) is 36.4 Å². The second kappa shape index (κ2) is 10.4. The molecular formula is C33H40F3N3O2. The first-order valence-corrected chi connectivity index (χ1v) is 15.1. The fourth-order valence-corrected chi connectivity index (χ4v) is 7.21. The standard InChI is InChI=1S/C33H40F3N3O2/c1-32(2,3)39-19-26(25-8-6-23(35)18-29(25)36)27(20-39)30(40)37-15-9-21(10-16-37)24-7-5-22(34)17-28(24)33(11-12-33)31(41)38-13-4-14-38/h5-8,17-18,21,26-27H,4,9-16,19-20H2,1-3H3/t26-,27?/m0/s1. The fraction of sp³-hybridized carbons (Fsp3) is 0.576. The molecule has 4 aliphatic rings. The molecule has 41 heavy (non-hydrogen) atoms. The minimum absolute atomic E-state index is 0.00915. The summed E-state index contributed by atoms with van der Waals surface area (Å²) in [6.07, 6.45) is 3.98. The van der Waals surface area contributed by atoms with Crippen molar-refractivity contribution in [2.75, 3.05) is 39.3 Å². The molecule has 8 heteroatoms. The van der Waals surface area contributed by atoms with Crippen molar-refractivity contribution >= 4 is 11.8 Å². The predicted molar refractivity (Wildman–Crippen MR) is 151 cm³/mol. The molecule has 2 atom stereocenters. The number of amides is 2. The number of carbonyl (C=O) groups is 2. The summed E-state index contributed by atoms with van der Waals surface area (Å²) in [6, 6.07) is 8.56. The number of piperidine rings is 1. The molecular weight excluding hydrogens is 527 g/mol. The average molecular weight is 568 g/mol. The van der Waals surface area contributed by atoms with Crippen LogP contribution in [-0.2, 0) is 15.0 Å². The number of nitrogens with zero attached hydrogens (tertiary/aromatic N) is 3. The molecule has 0 spiro atoms. The van der Waals surface area contributed by atoms with E-state index < -0.39 is 23.0 Å². The highest BCUT2D eigenvalue weighted by molar-refractivity contribution is 5.92. The molecule has 2 aromatic rings. The molecule has 0 radical (unpaired) electrons. The second-order valence-electron chi connectivity index (χ2n) is 13.5. The zero-order chi connectivity index (χ0) is 29.1. The van der Waals surface area contributed by atoms with E-state index >= 15 is 0 Å². The van der Waals surface area contributed by atoms with Gasteiger partial charge in [0, 0.05) is 56.8 Å². The Kier molecular flexibility index (Phi) is 7.20. The van der Waals surface area contributed by atoms with Gasteiger partial charge in [-0.25, -0.2) is 13.2 Å². The first-order valence-electron chi connectivity index (χ1n) is 15.1. The van der Waals surface area contributed by atoms with Gasteiger partial charge < -0.3 is 9.80 Å². The SMILES string of the molecule is CC(C)(C)N1CC(C(=O)N2CCC(c3ccc(F)cc3C3(C(=O)N4CCC4)CC3)CC2)[C@H](c2ccc(F)cc2F)C1. The number of hydrogen-bond donors (Lipinski definition) is 0. The van der Waals surface area contributed by atoms with Gasteiger partial charge in [-0.1, -0.05) is 12.1 Å². The summed E-state index contributed by atoms with van der Waals surface area (Å²) in [5.41, 5.74) is 1.47. The molecule has 1 aliphatic carbocycles. The maximum atomic E-state index is 14.9. The smallest absolute Gasteiger partial charge is 0.233 e. The predicted octanol–water partition coefficient (Wildman–Crippen LogP) is 5.59. The van der Waals surface area contributed by atoms with Gasteiger partial charge in [0.15, 0.2) is 0 Å². The Morgan fingerprint density at radius 1 is 0.829 bits per heavy atom. The van der Waals surface area contributed by atoms with E-state index in [0.717, 1.165) is 62.4 Å². The van der Waals surface area contributed by atoms with E-state index in [4.69, 9.17) is 0 Å². The highest BCUT2D eigenvalue weighted by Gasteiger charge is 2.55. The Morgan fingerprint density at radius 2 is 1.46 bits per heavy atom. The van der Waals surface area contributed by atoms with Crippen LogP contribution in [0.4, 0.5) is 13.2 Å². The molecule has 1 saturated carbocycles. The van der Waals surface area contributed by atoms with Gasteiger partial charge in [-0.05, 0) is 93.7 Å². The van der Waals surface area contributed by atoms with Crippen molar-refractivity contribution in [3.8, 4) is 0 Å². The van der Waals surface area contributed by atoms with Crippen LogP contribution >= 0.6 is 0 Å². The van der Waals surface area contributed by atoms with Crippen molar-refractivity contribution in [3.63, 3.8) is 0 Å². The topological polar surface area (TPSA) is 43.9 Å². The minimum Gasteiger partial charge on any atom is -0.342 e. The molecule has 0 aromatic heterocycles. The average Bonchev–Trinajstić information content (AvgIpc) is 3.59. The van der Waals surface area contributed by atoms with Gasteiger partial charge in [-0.2, -0.15) is 0 Å². The van der Waals surface area contributed by atoms with Crippen molar-refractivity contribution in [3.05, 3.63) is 70.5 Å². The third-order valence-electron chi connectivity index (χ3n) is 10.0. The molecule has 5 nitrogen and oxygen atoms in total. The molecule has 2 aromatic carbocycles. The molecule has 0 bridgehead atoms. The lowest BCUT2D eigenvalue weighted by Crippen LogP contribution is -2.47. The Hall–Kier alpha value is -2.87. The summed E-state index contributed by atoms with van der Waals surface area (Å²) in [5.74, 6) is -2.04. The van der Waals surface area contributed by atoms with E-state index in [-0.39, 0.29) is 35.0 Å². The third kappa shape index (κ3) is 5.17. The van der Waals surface area contributed by atoms with Gasteiger partial charge in [0.1, 0.15) is 17.5 Å². The summed E-state index contributed by atoms with van der Waals surface area (Å²) >= 11 is 0. The number of hydrogen-bond acceptors (Lipinski definition) is 3. The second-order valence-corrected chi connectivity index (χ2v) is 13.5. The van der Waals surface area contributed by atoms with Crippen LogP contribution in [0.5, 0.6) is 0 Å². The van der Waals surface area contributed by atoms with Crippen molar-refractivity contribution in [1.82, 2.24) is 14.7 Å². The fourth-order valence-electron chi connectivity index (χ4n) is 7.21. The van der Waals surface area contributed by atoms with Gasteiger partial charge in [0.05, 0.1) is 11.3 Å². The monoisotopic (exact) mass is 567 g/mol. The normalized spacial score (nSPS) is 24.8. The molecule has 0 N–H and O–H groups in total. The first-order chi connectivity index (χ1) is 19.5. The molecule has 2 amide bonds. The van der Waals surface area contributed by atoms with E-state index in [1.165, 1.54) is 18.2 Å². The van der Waals surface area contributed by atoms with Gasteiger partial charge >= 0.3 is 0 Å². The lowest BCUT2D eigenvalue weighted by molar-refractivity contribution is -0.137. The molecule has 4 fully saturated rings. The number of halogens is 3. The van der Waals surface area contributed by atoms with Gasteiger partial charge in [-0.3, -0.25) is 14.5 Å². The van der Waals surface area contributed by atoms with E-state index in [9.17, 15) is 22.8 Å². The maximum Gasteiger partial charge on any atom is 0.233 e. The van der Waals surface area contributed by atoms with Gasteiger partial charge in [0.25, 0.3) is 0 Å². The van der Waals surface area contributed by atoms with Crippen molar-refractivity contribution in [2.45, 2.75) is 75.7 Å². The van der Waals surface area contributed by atoms with Crippen molar-refractivity contribution in [1.29, 1.82) is 0 Å². The van der Waals surface area contributed by atoms with E-state index in [2.05, 4.69) is 25.7 Å². The van der Waals surface area contributed by atoms with E-state index in [1.54, 1.807) is 6.07 Å². The van der Waals surface area contributed by atoms with Crippen LogP contribution in [0.3, 0.4) is 0 Å². The number of rotatable bonds is 5. The van der Waals surface area contributed by atoms with Crippen LogP contribution in [-0.4, -0.2) is 71.3 Å². The molecule has 3 heterocycles. The van der Waals surface area contributed by atoms with Gasteiger partial charge in [-0.15, -0.1) is 0 Å². The summed E-state index contributed by atoms with van der Waals surface area (Å²) in [6.45, 7) is 9.98. The number of likely N-dealkylation sites (tertiary alicyclic amines) is 3. The minimum atomic E-state index is -0.624. The lowest BCUT2D eigenvalue weighted by Gasteiger charge is -2.38. The molecule has 6 rings (SSSR count). The third-order valence-corrected chi connectivity index (χ3v) is 10.0. The molecule has 3 saturated heterocycles. The Bertz CT molecular complexity index is 1340. The maximum absolute atomic E-state index is 14.9. The summed E-state index contributed by atoms with van der Waals surface area (Å²) in [5, 5.41) is 0. The highest BCUT2D eigenvalue weighted by atomic mass is 19.1. The van der Waals surface area contributed by atoms with Crippen LogP contribution in [0.2, 0.25) is 0 Å². The van der Waals surface area contributed by atoms with E-state index in [0.29, 0.717) is 31.7 Å². The molecule has 220 valence electrons. The number of carbonyl (C=O) groups excluding carboxylic acids is 2. The van der Waals surface area contributed by atoms with Crippen LogP contribution in [0.1, 0.15) is 81.4 Å². The van der Waals surface area contributed by atoms with Crippen molar-refractivity contribution in [2.24, 2.45) is 5.92 Å². The lowest BCUT2D eigenvalue weighted by atomic mass is 9.80. The molecule has 3 aliphatic heterocycles. The Balaban J connectivity index is 1.20. The zero-order valence-electron chi connectivity index (χ0n) is 24.3. The Labute approximate surface area is 240 Å².